The van der Waals surface area contributed by atoms with Crippen molar-refractivity contribution in [2.45, 2.75) is 32.2 Å². The van der Waals surface area contributed by atoms with Gasteiger partial charge in [-0.2, -0.15) is 0 Å². The smallest absolute Gasteiger partial charge is 0.321 e. The average molecular weight is 343 g/mol. The number of imide groups is 1. The summed E-state index contributed by atoms with van der Waals surface area (Å²) in [5, 5.41) is 19.7. The second-order valence-corrected chi connectivity index (χ2v) is 5.91. The van der Waals surface area contributed by atoms with Crippen molar-refractivity contribution in [3.63, 3.8) is 0 Å². The third-order valence-corrected chi connectivity index (χ3v) is 3.77. The Morgan fingerprint density at radius 1 is 1.24 bits per heavy atom. The predicted octanol–water partition coefficient (Wildman–Crippen LogP) is 1.32. The minimum atomic E-state index is -0.476. The first-order chi connectivity index (χ1) is 12.2. The second kappa shape index (κ2) is 7.73. The molecule has 3 N–H and O–H groups in total. The monoisotopic (exact) mass is 343 g/mol. The molecule has 1 saturated carbocycles. The number of amides is 3. The Bertz CT molecular complexity index is 737. The van der Waals surface area contributed by atoms with E-state index in [1.165, 1.54) is 0 Å². The topological polar surface area (TPSA) is 114 Å². The fraction of sp³-hybridized carbons (Fsp3) is 0.438. The Balaban J connectivity index is 1.52. The van der Waals surface area contributed by atoms with Crippen molar-refractivity contribution in [2.24, 2.45) is 0 Å². The first kappa shape index (κ1) is 16.9. The molecule has 0 saturated heterocycles. The summed E-state index contributed by atoms with van der Waals surface area (Å²) in [5.41, 5.74) is 1.70. The van der Waals surface area contributed by atoms with E-state index in [9.17, 15) is 9.59 Å². The van der Waals surface area contributed by atoms with Crippen molar-refractivity contribution in [3.05, 3.63) is 24.3 Å². The minimum absolute atomic E-state index is 0.0126. The van der Waals surface area contributed by atoms with E-state index < -0.39 is 11.9 Å². The maximum atomic E-state index is 11.7. The molecule has 0 bridgehead atoms. The molecular formula is C16H21N7O2. The molecule has 0 unspecified atom stereocenters. The predicted molar refractivity (Wildman–Crippen MR) is 91.8 cm³/mol. The zero-order valence-corrected chi connectivity index (χ0v) is 14.0. The summed E-state index contributed by atoms with van der Waals surface area (Å²) in [7, 11) is 0. The van der Waals surface area contributed by atoms with Crippen LogP contribution in [0.15, 0.2) is 24.3 Å². The molecule has 1 aromatic carbocycles. The number of hydrogen-bond acceptors (Lipinski definition) is 6. The van der Waals surface area contributed by atoms with Crippen molar-refractivity contribution < 1.29 is 9.59 Å². The van der Waals surface area contributed by atoms with Crippen LogP contribution in [0.4, 0.5) is 10.5 Å². The van der Waals surface area contributed by atoms with Crippen LogP contribution in [-0.2, 0) is 4.79 Å². The van der Waals surface area contributed by atoms with Crippen LogP contribution in [0.1, 0.15) is 32.2 Å². The van der Waals surface area contributed by atoms with E-state index in [0.29, 0.717) is 12.6 Å². The van der Waals surface area contributed by atoms with Gasteiger partial charge in [0, 0.05) is 17.8 Å². The maximum absolute atomic E-state index is 11.7. The molecule has 9 heteroatoms. The zero-order chi connectivity index (χ0) is 17.6. The van der Waals surface area contributed by atoms with Crippen LogP contribution >= 0.6 is 0 Å². The fourth-order valence-electron chi connectivity index (χ4n) is 2.32. The van der Waals surface area contributed by atoms with Crippen LogP contribution in [-0.4, -0.2) is 45.2 Å². The highest BCUT2D eigenvalue weighted by Gasteiger charge is 2.28. The quantitative estimate of drug-likeness (QED) is 0.699. The van der Waals surface area contributed by atoms with Crippen LogP contribution in [0.3, 0.4) is 0 Å². The van der Waals surface area contributed by atoms with Crippen LogP contribution in [0, 0.1) is 0 Å². The Hall–Kier alpha value is -2.97. The molecule has 1 aliphatic carbocycles. The first-order valence-corrected chi connectivity index (χ1v) is 8.37. The average Bonchev–Trinajstić information content (AvgIpc) is 3.35. The summed E-state index contributed by atoms with van der Waals surface area (Å²) in [6.07, 6.45) is 3.04. The van der Waals surface area contributed by atoms with Crippen LogP contribution in [0.25, 0.3) is 11.4 Å². The summed E-state index contributed by atoms with van der Waals surface area (Å²) >= 11 is 0. The maximum Gasteiger partial charge on any atom is 0.321 e. The third kappa shape index (κ3) is 4.52. The number of nitrogens with zero attached hydrogens (tertiary/aromatic N) is 4. The van der Waals surface area contributed by atoms with Gasteiger partial charge in [0.05, 0.1) is 12.6 Å². The van der Waals surface area contributed by atoms with E-state index >= 15 is 0 Å². The SMILES string of the molecule is CCCNC(=O)NC(=O)CNc1ccc(-c2nnnn2C2CC2)cc1. The molecule has 3 rings (SSSR count). The molecule has 2 aromatic rings. The van der Waals surface area contributed by atoms with Gasteiger partial charge in [-0.3, -0.25) is 10.1 Å². The summed E-state index contributed by atoms with van der Waals surface area (Å²) in [6, 6.07) is 7.44. The summed E-state index contributed by atoms with van der Waals surface area (Å²) < 4.78 is 1.85. The van der Waals surface area contributed by atoms with Crippen LogP contribution in [0.5, 0.6) is 0 Å². The van der Waals surface area contributed by atoms with Crippen molar-refractivity contribution in [3.8, 4) is 11.4 Å². The van der Waals surface area contributed by atoms with Gasteiger partial charge in [-0.15, -0.1) is 5.10 Å². The molecule has 0 radical (unpaired) electrons. The van der Waals surface area contributed by atoms with E-state index in [4.69, 9.17) is 0 Å². The first-order valence-electron chi connectivity index (χ1n) is 8.37. The van der Waals surface area contributed by atoms with Crippen LogP contribution < -0.4 is 16.0 Å². The highest BCUT2D eigenvalue weighted by molar-refractivity contribution is 5.96. The van der Waals surface area contributed by atoms with Gasteiger partial charge in [-0.05, 0) is 54.0 Å². The molecule has 3 amide bonds. The Labute approximate surface area is 145 Å². The van der Waals surface area contributed by atoms with Gasteiger partial charge < -0.3 is 10.6 Å². The highest BCUT2D eigenvalue weighted by atomic mass is 16.2. The molecule has 9 nitrogen and oxygen atoms in total. The van der Waals surface area contributed by atoms with Gasteiger partial charge in [0.25, 0.3) is 0 Å². The number of carbonyl (C=O) groups excluding carboxylic acids is 2. The lowest BCUT2D eigenvalue weighted by Crippen LogP contribution is -2.42. The zero-order valence-electron chi connectivity index (χ0n) is 14.0. The summed E-state index contributed by atoms with van der Waals surface area (Å²) in [4.78, 5) is 23.1. The number of benzene rings is 1. The number of nitrogens with one attached hydrogen (secondary N) is 3. The number of urea groups is 1. The number of rotatable bonds is 7. The van der Waals surface area contributed by atoms with Crippen LogP contribution in [0.2, 0.25) is 0 Å². The van der Waals surface area contributed by atoms with E-state index in [1.807, 2.05) is 35.9 Å². The number of hydrogen-bond donors (Lipinski definition) is 3. The Morgan fingerprint density at radius 3 is 2.68 bits per heavy atom. The van der Waals surface area contributed by atoms with Gasteiger partial charge in [-0.25, -0.2) is 9.48 Å². The lowest BCUT2D eigenvalue weighted by atomic mass is 10.2. The molecule has 1 aromatic heterocycles. The highest BCUT2D eigenvalue weighted by Crippen LogP contribution is 2.36. The van der Waals surface area contributed by atoms with E-state index in [1.54, 1.807) is 0 Å². The van der Waals surface area contributed by atoms with Gasteiger partial charge in [-0.1, -0.05) is 6.92 Å². The van der Waals surface area contributed by atoms with E-state index in [-0.39, 0.29) is 6.54 Å². The molecule has 0 spiro atoms. The molecule has 0 aliphatic heterocycles. The molecule has 1 fully saturated rings. The summed E-state index contributed by atoms with van der Waals surface area (Å²) in [5.74, 6) is 0.356. The van der Waals surface area contributed by atoms with Crippen molar-refractivity contribution in [1.82, 2.24) is 30.8 Å². The van der Waals surface area contributed by atoms with Crippen molar-refractivity contribution in [2.75, 3.05) is 18.4 Å². The number of tetrazole rings is 1. The lowest BCUT2D eigenvalue weighted by Gasteiger charge is -2.08. The van der Waals surface area contributed by atoms with Gasteiger partial charge in [0.1, 0.15) is 0 Å². The largest absolute Gasteiger partial charge is 0.376 e. The van der Waals surface area contributed by atoms with Gasteiger partial charge in [0.15, 0.2) is 5.82 Å². The third-order valence-electron chi connectivity index (χ3n) is 3.77. The minimum Gasteiger partial charge on any atom is -0.376 e. The van der Waals surface area contributed by atoms with Gasteiger partial charge >= 0.3 is 6.03 Å². The molecule has 25 heavy (non-hydrogen) atoms. The molecular weight excluding hydrogens is 322 g/mol. The van der Waals surface area contributed by atoms with E-state index in [2.05, 4.69) is 31.5 Å². The molecule has 1 aliphatic rings. The number of anilines is 1. The Morgan fingerprint density at radius 2 is 2.00 bits per heavy atom. The normalized spacial score (nSPS) is 13.3. The fourth-order valence-corrected chi connectivity index (χ4v) is 2.32. The molecule has 132 valence electrons. The van der Waals surface area contributed by atoms with E-state index in [0.717, 1.165) is 36.3 Å². The number of carbonyl (C=O) groups is 2. The second-order valence-electron chi connectivity index (χ2n) is 5.91. The van der Waals surface area contributed by atoms with Gasteiger partial charge in [0.2, 0.25) is 5.91 Å². The van der Waals surface area contributed by atoms with Crippen molar-refractivity contribution in [1.29, 1.82) is 0 Å². The standard InChI is InChI=1S/C16H21N7O2/c1-2-9-17-16(25)19-14(24)10-18-12-5-3-11(4-6-12)15-20-21-22-23(15)13-7-8-13/h3-6,13,18H,2,7-10H2,1H3,(H2,17,19,24,25). The molecule has 1 heterocycles. The molecule has 0 atom stereocenters. The van der Waals surface area contributed by atoms with Crippen molar-refractivity contribution >= 4 is 17.6 Å². The Kier molecular flexibility index (Phi) is 5.22. The number of aromatic nitrogens is 4. The lowest BCUT2D eigenvalue weighted by molar-refractivity contribution is -0.118. The summed E-state index contributed by atoms with van der Waals surface area (Å²) in [6.45, 7) is 2.49.